The molecule has 4 rings (SSSR count). The molecule has 0 aliphatic rings. The van der Waals surface area contributed by atoms with E-state index in [1.165, 1.54) is 11.3 Å². The van der Waals surface area contributed by atoms with E-state index in [9.17, 15) is 4.79 Å². The van der Waals surface area contributed by atoms with Crippen molar-refractivity contribution in [3.05, 3.63) is 65.8 Å². The van der Waals surface area contributed by atoms with Gasteiger partial charge in [0.1, 0.15) is 11.6 Å². The molecule has 0 saturated carbocycles. The van der Waals surface area contributed by atoms with Crippen molar-refractivity contribution in [2.24, 2.45) is 0 Å². The molecular weight excluding hydrogens is 322 g/mol. The minimum atomic E-state index is -0.232. The summed E-state index contributed by atoms with van der Waals surface area (Å²) in [7, 11) is 0. The number of para-hydroxylation sites is 1. The topological polar surface area (TPSA) is 72.7 Å². The fourth-order valence-corrected chi connectivity index (χ4v) is 3.24. The maximum atomic E-state index is 12.3. The predicted molar refractivity (Wildman–Crippen MR) is 93.7 cm³/mol. The summed E-state index contributed by atoms with van der Waals surface area (Å²) in [6.07, 6.45) is 5.19. The average Bonchev–Trinajstić information content (AvgIpc) is 3.21. The van der Waals surface area contributed by atoms with Gasteiger partial charge in [0, 0.05) is 12.4 Å². The van der Waals surface area contributed by atoms with E-state index in [1.54, 1.807) is 12.4 Å². The molecule has 1 amide bonds. The summed E-state index contributed by atoms with van der Waals surface area (Å²) in [5.74, 6) is 1.38. The number of hydrogen-bond donors (Lipinski definition) is 1. The molecule has 4 aromatic rings. The van der Waals surface area contributed by atoms with E-state index in [-0.39, 0.29) is 5.91 Å². The molecule has 118 valence electrons. The van der Waals surface area contributed by atoms with Crippen LogP contribution in [-0.4, -0.2) is 25.4 Å². The number of benzene rings is 1. The van der Waals surface area contributed by atoms with Gasteiger partial charge in [-0.05, 0) is 31.2 Å². The molecule has 6 nitrogen and oxygen atoms in total. The van der Waals surface area contributed by atoms with Crippen molar-refractivity contribution in [3.8, 4) is 5.82 Å². The van der Waals surface area contributed by atoms with Gasteiger partial charge >= 0.3 is 0 Å². The number of amides is 1. The second-order valence-corrected chi connectivity index (χ2v) is 6.22. The first-order chi connectivity index (χ1) is 11.7. The third kappa shape index (κ3) is 2.65. The van der Waals surface area contributed by atoms with Crippen molar-refractivity contribution in [2.75, 3.05) is 5.32 Å². The van der Waals surface area contributed by atoms with Crippen LogP contribution in [0, 0.1) is 6.92 Å². The lowest BCUT2D eigenvalue weighted by atomic mass is 10.3. The maximum absolute atomic E-state index is 12.3. The standard InChI is InChI=1S/C17H13N5OS/c1-11-18-8-9-22(11)15-7-6-12(10-19-15)20-16(23)17-21-13-4-2-3-5-14(13)24-17/h2-10H,1H3,(H,20,23). The molecule has 0 aliphatic heterocycles. The summed E-state index contributed by atoms with van der Waals surface area (Å²) in [5.41, 5.74) is 1.46. The molecular formula is C17H13N5OS. The van der Waals surface area contributed by atoms with Crippen LogP contribution in [0.5, 0.6) is 0 Å². The Hall–Kier alpha value is -3.06. The van der Waals surface area contributed by atoms with Gasteiger partial charge in [-0.3, -0.25) is 9.36 Å². The zero-order valence-electron chi connectivity index (χ0n) is 12.8. The van der Waals surface area contributed by atoms with Gasteiger partial charge in [0.2, 0.25) is 0 Å². The lowest BCUT2D eigenvalue weighted by Crippen LogP contribution is -2.12. The molecule has 0 atom stereocenters. The molecule has 0 aliphatic carbocycles. The SMILES string of the molecule is Cc1nccn1-c1ccc(NC(=O)c2nc3ccccc3s2)cn1. The van der Waals surface area contributed by atoms with E-state index < -0.39 is 0 Å². The van der Waals surface area contributed by atoms with Gasteiger partial charge in [0.25, 0.3) is 5.91 Å². The van der Waals surface area contributed by atoms with Crippen LogP contribution >= 0.6 is 11.3 Å². The van der Waals surface area contributed by atoms with Crippen LogP contribution in [0.4, 0.5) is 5.69 Å². The molecule has 0 saturated heterocycles. The number of rotatable bonds is 3. The number of thiazole rings is 1. The van der Waals surface area contributed by atoms with Crippen molar-refractivity contribution in [3.63, 3.8) is 0 Å². The highest BCUT2D eigenvalue weighted by atomic mass is 32.1. The van der Waals surface area contributed by atoms with Gasteiger partial charge in [0.15, 0.2) is 5.01 Å². The van der Waals surface area contributed by atoms with Crippen LogP contribution < -0.4 is 5.32 Å². The molecule has 1 aromatic carbocycles. The smallest absolute Gasteiger partial charge is 0.284 e. The van der Waals surface area contributed by atoms with E-state index in [2.05, 4.69) is 20.3 Å². The molecule has 0 fully saturated rings. The Labute approximate surface area is 141 Å². The van der Waals surface area contributed by atoms with Gasteiger partial charge in [0.05, 0.1) is 22.1 Å². The highest BCUT2D eigenvalue weighted by molar-refractivity contribution is 7.20. The van der Waals surface area contributed by atoms with E-state index in [0.29, 0.717) is 10.7 Å². The number of nitrogens with zero attached hydrogens (tertiary/aromatic N) is 4. The van der Waals surface area contributed by atoms with Crippen molar-refractivity contribution >= 4 is 33.1 Å². The van der Waals surface area contributed by atoms with Gasteiger partial charge in [-0.2, -0.15) is 0 Å². The van der Waals surface area contributed by atoms with Crippen molar-refractivity contribution < 1.29 is 4.79 Å². The summed E-state index contributed by atoms with van der Waals surface area (Å²) in [4.78, 5) is 25.2. The fourth-order valence-electron chi connectivity index (χ4n) is 2.38. The van der Waals surface area contributed by atoms with E-state index >= 15 is 0 Å². The quantitative estimate of drug-likeness (QED) is 0.622. The number of hydrogen-bond acceptors (Lipinski definition) is 5. The van der Waals surface area contributed by atoms with Gasteiger partial charge in [-0.25, -0.2) is 15.0 Å². The number of aryl methyl sites for hydroxylation is 1. The zero-order chi connectivity index (χ0) is 16.5. The molecule has 3 heterocycles. The Kier molecular flexibility index (Phi) is 3.55. The van der Waals surface area contributed by atoms with Gasteiger partial charge in [-0.15, -0.1) is 11.3 Å². The lowest BCUT2D eigenvalue weighted by molar-refractivity contribution is 0.102. The first-order valence-electron chi connectivity index (χ1n) is 7.34. The van der Waals surface area contributed by atoms with Crippen LogP contribution in [0.1, 0.15) is 15.6 Å². The Bertz CT molecular complexity index is 986. The van der Waals surface area contributed by atoms with Crippen LogP contribution in [0.2, 0.25) is 0 Å². The Balaban J connectivity index is 1.54. The fraction of sp³-hybridized carbons (Fsp3) is 0.0588. The predicted octanol–water partition coefficient (Wildman–Crippen LogP) is 3.44. The summed E-state index contributed by atoms with van der Waals surface area (Å²) in [6.45, 7) is 1.91. The van der Waals surface area contributed by atoms with Crippen molar-refractivity contribution in [1.82, 2.24) is 19.5 Å². The van der Waals surface area contributed by atoms with Gasteiger partial charge in [-0.1, -0.05) is 12.1 Å². The Morgan fingerprint density at radius 3 is 2.75 bits per heavy atom. The number of pyridine rings is 1. The summed E-state index contributed by atoms with van der Waals surface area (Å²) >= 11 is 1.37. The van der Waals surface area contributed by atoms with E-state index in [0.717, 1.165) is 21.9 Å². The maximum Gasteiger partial charge on any atom is 0.284 e. The molecule has 3 aromatic heterocycles. The number of anilines is 1. The number of carbonyl (C=O) groups excluding carboxylic acids is 1. The normalized spacial score (nSPS) is 10.9. The summed E-state index contributed by atoms with van der Waals surface area (Å²) in [5, 5.41) is 3.26. The minimum absolute atomic E-state index is 0.232. The number of aromatic nitrogens is 4. The van der Waals surface area contributed by atoms with Crippen LogP contribution in [0.3, 0.4) is 0 Å². The molecule has 7 heteroatoms. The first-order valence-corrected chi connectivity index (χ1v) is 8.16. The third-order valence-electron chi connectivity index (χ3n) is 3.57. The highest BCUT2D eigenvalue weighted by Gasteiger charge is 2.12. The Morgan fingerprint density at radius 1 is 1.17 bits per heavy atom. The van der Waals surface area contributed by atoms with Crippen molar-refractivity contribution in [2.45, 2.75) is 6.92 Å². The molecule has 0 bridgehead atoms. The van der Waals surface area contributed by atoms with Gasteiger partial charge < -0.3 is 5.32 Å². The molecule has 0 unspecified atom stereocenters. The number of nitrogens with one attached hydrogen (secondary N) is 1. The second-order valence-electron chi connectivity index (χ2n) is 5.19. The summed E-state index contributed by atoms with van der Waals surface area (Å²) < 4.78 is 2.87. The largest absolute Gasteiger partial charge is 0.319 e. The molecule has 24 heavy (non-hydrogen) atoms. The number of fused-ring (bicyclic) bond motifs is 1. The van der Waals surface area contributed by atoms with E-state index in [4.69, 9.17) is 0 Å². The number of carbonyl (C=O) groups is 1. The molecule has 1 N–H and O–H groups in total. The van der Waals surface area contributed by atoms with Crippen LogP contribution in [-0.2, 0) is 0 Å². The summed E-state index contributed by atoms with van der Waals surface area (Å²) in [6, 6.07) is 11.3. The molecule has 0 spiro atoms. The lowest BCUT2D eigenvalue weighted by Gasteiger charge is -2.06. The second kappa shape index (κ2) is 5.86. The minimum Gasteiger partial charge on any atom is -0.319 e. The van der Waals surface area contributed by atoms with Crippen LogP contribution in [0.25, 0.3) is 16.0 Å². The van der Waals surface area contributed by atoms with E-state index in [1.807, 2.05) is 54.1 Å². The highest BCUT2D eigenvalue weighted by Crippen LogP contribution is 2.22. The Morgan fingerprint density at radius 2 is 2.04 bits per heavy atom. The molecule has 0 radical (unpaired) electrons. The zero-order valence-corrected chi connectivity index (χ0v) is 13.6. The third-order valence-corrected chi connectivity index (χ3v) is 4.60. The van der Waals surface area contributed by atoms with Crippen LogP contribution in [0.15, 0.2) is 55.0 Å². The average molecular weight is 335 g/mol. The number of imidazole rings is 1. The first kappa shape index (κ1) is 14.5. The monoisotopic (exact) mass is 335 g/mol. The van der Waals surface area contributed by atoms with Crippen molar-refractivity contribution in [1.29, 1.82) is 0 Å².